The number of fused-ring (bicyclic) bond motifs is 1. The molecule has 1 atom stereocenters. The lowest BCUT2D eigenvalue weighted by molar-refractivity contribution is -0.433. The number of amides is 2. The number of carbonyl (C=O) groups is 2. The fraction of sp³-hybridized carbons (Fsp3) is 0.222. The first-order valence-corrected chi connectivity index (χ1v) is 7.90. The van der Waals surface area contributed by atoms with Crippen molar-refractivity contribution in [2.45, 2.75) is 19.9 Å². The summed E-state index contributed by atoms with van der Waals surface area (Å²) in [4.78, 5) is 36.2. The van der Waals surface area contributed by atoms with Gasteiger partial charge in [0.05, 0.1) is 10.6 Å². The summed E-state index contributed by atoms with van der Waals surface area (Å²) in [7, 11) is 1.46. The normalized spacial score (nSPS) is 17.3. The van der Waals surface area contributed by atoms with Crippen LogP contribution in [0.1, 0.15) is 25.5 Å². The highest BCUT2D eigenvalue weighted by atomic mass is 16.6. The molecule has 2 amide bonds. The summed E-state index contributed by atoms with van der Waals surface area (Å²) in [5.41, 5.74) is 0.438. The van der Waals surface area contributed by atoms with Crippen molar-refractivity contribution in [2.75, 3.05) is 7.05 Å². The summed E-state index contributed by atoms with van der Waals surface area (Å²) < 4.78 is 5.28. The molecule has 0 saturated heterocycles. The van der Waals surface area contributed by atoms with E-state index in [1.807, 2.05) is 12.1 Å². The molecule has 1 aliphatic rings. The van der Waals surface area contributed by atoms with Crippen LogP contribution in [0.15, 0.2) is 47.8 Å². The molecule has 0 bridgehead atoms. The lowest BCUT2D eigenvalue weighted by Gasteiger charge is -2.30. The predicted molar refractivity (Wildman–Crippen MR) is 94.0 cm³/mol. The molecular formula is C18H17N3O5. The number of rotatable bonds is 3. The molecule has 0 aliphatic carbocycles. The molecule has 2 aromatic rings. The van der Waals surface area contributed by atoms with E-state index in [1.54, 1.807) is 24.3 Å². The average molecular weight is 355 g/mol. The van der Waals surface area contributed by atoms with Gasteiger partial charge in [0.15, 0.2) is 6.04 Å². The van der Waals surface area contributed by atoms with E-state index in [0.29, 0.717) is 10.9 Å². The Morgan fingerprint density at radius 2 is 1.96 bits per heavy atom. The largest absolute Gasteiger partial charge is 0.426 e. The molecule has 0 fully saturated rings. The molecule has 134 valence electrons. The number of urea groups is 1. The molecule has 26 heavy (non-hydrogen) atoms. The maximum Gasteiger partial charge on any atom is 0.322 e. The zero-order valence-corrected chi connectivity index (χ0v) is 14.5. The third-order valence-electron chi connectivity index (χ3n) is 4.39. The zero-order chi connectivity index (χ0) is 19.0. The fourth-order valence-electron chi connectivity index (χ4n) is 3.09. The van der Waals surface area contributed by atoms with Crippen molar-refractivity contribution in [3.8, 4) is 5.75 Å². The van der Waals surface area contributed by atoms with Crippen molar-refractivity contribution < 1.29 is 19.2 Å². The SMILES string of the molecule is CC(=O)Oc1ccc2ccccc2c1C1NC(=O)N(C)C(C)=C1[N+](=O)[O-]. The molecule has 1 aliphatic heterocycles. The first-order valence-electron chi connectivity index (χ1n) is 7.90. The second-order valence-electron chi connectivity index (χ2n) is 5.96. The van der Waals surface area contributed by atoms with Crippen LogP contribution in [-0.2, 0) is 4.79 Å². The number of esters is 1. The van der Waals surface area contributed by atoms with Crippen LogP contribution < -0.4 is 10.1 Å². The molecule has 0 spiro atoms. The fourth-order valence-corrected chi connectivity index (χ4v) is 3.09. The quantitative estimate of drug-likeness (QED) is 0.395. The van der Waals surface area contributed by atoms with Gasteiger partial charge in [0.25, 0.3) is 5.70 Å². The summed E-state index contributed by atoms with van der Waals surface area (Å²) in [6.07, 6.45) is 0. The van der Waals surface area contributed by atoms with Crippen LogP contribution in [0.2, 0.25) is 0 Å². The van der Waals surface area contributed by atoms with E-state index in [2.05, 4.69) is 5.32 Å². The monoisotopic (exact) mass is 355 g/mol. The van der Waals surface area contributed by atoms with Crippen LogP contribution in [0.25, 0.3) is 10.8 Å². The number of hydrogen-bond acceptors (Lipinski definition) is 5. The Morgan fingerprint density at radius 1 is 1.27 bits per heavy atom. The topological polar surface area (TPSA) is 102 Å². The first kappa shape index (κ1) is 17.4. The number of nitrogens with one attached hydrogen (secondary N) is 1. The number of ether oxygens (including phenoxy) is 1. The van der Waals surface area contributed by atoms with Crippen LogP contribution in [0.5, 0.6) is 5.75 Å². The van der Waals surface area contributed by atoms with Gasteiger partial charge < -0.3 is 10.1 Å². The molecule has 0 radical (unpaired) electrons. The zero-order valence-electron chi connectivity index (χ0n) is 14.5. The summed E-state index contributed by atoms with van der Waals surface area (Å²) in [5, 5.41) is 15.9. The van der Waals surface area contributed by atoms with Gasteiger partial charge in [-0.3, -0.25) is 19.8 Å². The lowest BCUT2D eigenvalue weighted by atomic mass is 9.94. The van der Waals surface area contributed by atoms with Crippen LogP contribution in [0, 0.1) is 10.1 Å². The van der Waals surface area contributed by atoms with Crippen LogP contribution in [0.3, 0.4) is 0 Å². The van der Waals surface area contributed by atoms with Gasteiger partial charge >= 0.3 is 12.0 Å². The Hall–Kier alpha value is -3.42. The van der Waals surface area contributed by atoms with E-state index < -0.39 is 23.0 Å². The van der Waals surface area contributed by atoms with Gasteiger partial charge in [0.1, 0.15) is 5.75 Å². The van der Waals surface area contributed by atoms with Crippen molar-refractivity contribution in [1.82, 2.24) is 10.2 Å². The predicted octanol–water partition coefficient (Wildman–Crippen LogP) is 2.97. The van der Waals surface area contributed by atoms with Gasteiger partial charge in [0.2, 0.25) is 0 Å². The van der Waals surface area contributed by atoms with Gasteiger partial charge in [-0.1, -0.05) is 30.3 Å². The van der Waals surface area contributed by atoms with Crippen molar-refractivity contribution in [3.05, 3.63) is 63.5 Å². The van der Waals surface area contributed by atoms with Crippen molar-refractivity contribution in [1.29, 1.82) is 0 Å². The smallest absolute Gasteiger partial charge is 0.322 e. The lowest BCUT2D eigenvalue weighted by Crippen LogP contribution is -2.46. The third kappa shape index (κ3) is 2.85. The molecule has 8 heteroatoms. The van der Waals surface area contributed by atoms with Gasteiger partial charge in [0, 0.05) is 19.5 Å². The maximum atomic E-state index is 12.3. The van der Waals surface area contributed by atoms with E-state index in [0.717, 1.165) is 5.39 Å². The highest BCUT2D eigenvalue weighted by Gasteiger charge is 2.40. The van der Waals surface area contributed by atoms with Crippen LogP contribution in [0.4, 0.5) is 4.79 Å². The van der Waals surface area contributed by atoms with E-state index >= 15 is 0 Å². The standard InChI is InChI=1S/C18H17N3O5/c1-10-17(21(24)25)16(19-18(23)20(10)3)15-13-7-5-4-6-12(13)8-9-14(15)26-11(2)22/h4-9,16H,1-3H3,(H,19,23). The minimum absolute atomic E-state index is 0.170. The molecule has 1 unspecified atom stereocenters. The molecular weight excluding hydrogens is 338 g/mol. The molecule has 8 nitrogen and oxygen atoms in total. The Balaban J connectivity index is 2.33. The van der Waals surface area contributed by atoms with Crippen molar-refractivity contribution >= 4 is 22.8 Å². The molecule has 0 aromatic heterocycles. The summed E-state index contributed by atoms with van der Waals surface area (Å²) in [6, 6.07) is 9.05. The second-order valence-corrected chi connectivity index (χ2v) is 5.96. The first-order chi connectivity index (χ1) is 12.3. The highest BCUT2D eigenvalue weighted by molar-refractivity contribution is 5.90. The number of carbonyl (C=O) groups excluding carboxylic acids is 2. The summed E-state index contributed by atoms with van der Waals surface area (Å²) >= 11 is 0. The van der Waals surface area contributed by atoms with Crippen molar-refractivity contribution in [3.63, 3.8) is 0 Å². The Kier molecular flexibility index (Phi) is 4.33. The minimum atomic E-state index is -1.05. The number of nitrogens with zero attached hydrogens (tertiary/aromatic N) is 2. The number of nitro groups is 1. The van der Waals surface area contributed by atoms with Gasteiger partial charge in [-0.05, 0) is 23.8 Å². The molecule has 2 aromatic carbocycles. The Labute approximate surface area is 149 Å². The molecule has 0 saturated carbocycles. The molecule has 3 rings (SSSR count). The third-order valence-corrected chi connectivity index (χ3v) is 4.39. The highest BCUT2D eigenvalue weighted by Crippen LogP contribution is 2.39. The number of allylic oxidation sites excluding steroid dienone is 1. The van der Waals surface area contributed by atoms with E-state index in [1.165, 1.54) is 25.8 Å². The second kappa shape index (κ2) is 6.47. The number of benzene rings is 2. The van der Waals surface area contributed by atoms with E-state index in [-0.39, 0.29) is 17.1 Å². The molecule has 1 N–H and O–H groups in total. The van der Waals surface area contributed by atoms with Gasteiger partial charge in [-0.2, -0.15) is 0 Å². The Bertz CT molecular complexity index is 966. The summed E-state index contributed by atoms with van der Waals surface area (Å²) in [6.45, 7) is 2.77. The maximum absolute atomic E-state index is 12.3. The van der Waals surface area contributed by atoms with Crippen molar-refractivity contribution in [2.24, 2.45) is 0 Å². The average Bonchev–Trinajstić information content (AvgIpc) is 2.58. The van der Waals surface area contributed by atoms with Gasteiger partial charge in [-0.25, -0.2) is 4.79 Å². The Morgan fingerprint density at radius 3 is 2.62 bits per heavy atom. The molecule has 1 heterocycles. The minimum Gasteiger partial charge on any atom is -0.426 e. The van der Waals surface area contributed by atoms with Crippen LogP contribution in [-0.4, -0.2) is 28.9 Å². The van der Waals surface area contributed by atoms with E-state index in [9.17, 15) is 19.7 Å². The van der Waals surface area contributed by atoms with Crippen LogP contribution >= 0.6 is 0 Å². The number of hydrogen-bond donors (Lipinski definition) is 1. The van der Waals surface area contributed by atoms with Gasteiger partial charge in [-0.15, -0.1) is 0 Å². The van der Waals surface area contributed by atoms with E-state index in [4.69, 9.17) is 4.74 Å². The summed E-state index contributed by atoms with van der Waals surface area (Å²) in [5.74, 6) is -0.373.